The Balaban J connectivity index is 1.88. The third-order valence-corrected chi connectivity index (χ3v) is 4.45. The second-order valence-corrected chi connectivity index (χ2v) is 6.65. The number of thiazole rings is 1. The number of anilines is 1. The van der Waals surface area contributed by atoms with Crippen LogP contribution in [0.1, 0.15) is 25.8 Å². The quantitative estimate of drug-likeness (QED) is 0.683. The molecule has 0 saturated heterocycles. The fourth-order valence-electron chi connectivity index (χ4n) is 2.39. The smallest absolute Gasteiger partial charge is 0.217 e. The Morgan fingerprint density at radius 2 is 2.08 bits per heavy atom. The standard InChI is InChI=1S/C18H25N3O2S/c1-13(20-14(2)22)4-5-15-6-8-16(9-7-15)17-12-24-18(21-17)19-10-11-23-3/h6-9,12-13H,4-5,10-11H2,1-3H3,(H,19,21)(H,20,22)/t13-/m1/s1. The Labute approximate surface area is 147 Å². The molecule has 2 aromatic rings. The van der Waals surface area contributed by atoms with E-state index in [1.807, 2.05) is 6.92 Å². The van der Waals surface area contributed by atoms with Crippen LogP contribution in [-0.2, 0) is 16.0 Å². The fraction of sp³-hybridized carbons (Fsp3) is 0.444. The summed E-state index contributed by atoms with van der Waals surface area (Å²) in [6.07, 6.45) is 1.88. The fourth-order valence-corrected chi connectivity index (χ4v) is 3.14. The van der Waals surface area contributed by atoms with Crippen molar-refractivity contribution in [3.63, 3.8) is 0 Å². The number of nitrogens with one attached hydrogen (secondary N) is 2. The molecule has 1 amide bonds. The predicted octanol–water partition coefficient (Wildman–Crippen LogP) is 3.33. The maximum Gasteiger partial charge on any atom is 0.217 e. The van der Waals surface area contributed by atoms with E-state index in [4.69, 9.17) is 4.74 Å². The number of methoxy groups -OCH3 is 1. The van der Waals surface area contributed by atoms with Gasteiger partial charge < -0.3 is 15.4 Å². The second kappa shape index (κ2) is 9.39. The van der Waals surface area contributed by atoms with Gasteiger partial charge in [-0.3, -0.25) is 4.79 Å². The molecule has 0 bridgehead atoms. The molecule has 0 aliphatic rings. The summed E-state index contributed by atoms with van der Waals surface area (Å²) in [5.41, 5.74) is 3.37. The van der Waals surface area contributed by atoms with Crippen LogP contribution in [0.3, 0.4) is 0 Å². The van der Waals surface area contributed by atoms with Crippen LogP contribution in [-0.4, -0.2) is 37.2 Å². The van der Waals surface area contributed by atoms with Crippen molar-refractivity contribution < 1.29 is 9.53 Å². The Morgan fingerprint density at radius 1 is 1.33 bits per heavy atom. The van der Waals surface area contributed by atoms with Crippen LogP contribution in [0.15, 0.2) is 29.6 Å². The minimum absolute atomic E-state index is 0.0243. The first-order chi connectivity index (χ1) is 11.6. The number of ether oxygens (including phenoxy) is 1. The van der Waals surface area contributed by atoms with Crippen LogP contribution < -0.4 is 10.6 Å². The Bertz CT molecular complexity index is 640. The van der Waals surface area contributed by atoms with Crippen molar-refractivity contribution >= 4 is 22.4 Å². The lowest BCUT2D eigenvalue weighted by Crippen LogP contribution is -2.30. The number of hydrogen-bond donors (Lipinski definition) is 2. The summed E-state index contributed by atoms with van der Waals surface area (Å²) >= 11 is 1.60. The molecule has 0 unspecified atom stereocenters. The Kier molecular flexibility index (Phi) is 7.21. The van der Waals surface area contributed by atoms with E-state index in [0.717, 1.165) is 35.8 Å². The Morgan fingerprint density at radius 3 is 2.75 bits per heavy atom. The lowest BCUT2D eigenvalue weighted by atomic mass is 10.0. The molecule has 24 heavy (non-hydrogen) atoms. The van der Waals surface area contributed by atoms with Crippen molar-refractivity contribution in [3.05, 3.63) is 35.2 Å². The number of carbonyl (C=O) groups excluding carboxylic acids is 1. The van der Waals surface area contributed by atoms with E-state index < -0.39 is 0 Å². The largest absolute Gasteiger partial charge is 0.383 e. The summed E-state index contributed by atoms with van der Waals surface area (Å²) in [4.78, 5) is 15.6. The van der Waals surface area contributed by atoms with Gasteiger partial charge in [0.05, 0.1) is 12.3 Å². The third kappa shape index (κ3) is 5.94. The maximum absolute atomic E-state index is 11.0. The third-order valence-electron chi connectivity index (χ3n) is 3.65. The van der Waals surface area contributed by atoms with Crippen LogP contribution in [0, 0.1) is 0 Å². The number of benzene rings is 1. The zero-order chi connectivity index (χ0) is 17.4. The SMILES string of the molecule is COCCNc1nc(-c2ccc(CC[C@@H](C)NC(C)=O)cc2)cs1. The lowest BCUT2D eigenvalue weighted by molar-refractivity contribution is -0.119. The molecule has 2 rings (SSSR count). The average molecular weight is 347 g/mol. The minimum atomic E-state index is 0.0243. The number of hydrogen-bond acceptors (Lipinski definition) is 5. The molecule has 0 aliphatic carbocycles. The van der Waals surface area contributed by atoms with E-state index in [2.05, 4.69) is 45.3 Å². The molecule has 0 radical (unpaired) electrons. The molecule has 0 aliphatic heterocycles. The van der Waals surface area contributed by atoms with Gasteiger partial charge in [0.15, 0.2) is 5.13 Å². The number of aromatic nitrogens is 1. The van der Waals surface area contributed by atoms with Gasteiger partial charge in [0, 0.05) is 37.6 Å². The molecule has 5 nitrogen and oxygen atoms in total. The topological polar surface area (TPSA) is 63.2 Å². The molecule has 2 N–H and O–H groups in total. The number of aryl methyl sites for hydroxylation is 1. The highest BCUT2D eigenvalue weighted by atomic mass is 32.1. The van der Waals surface area contributed by atoms with Crippen LogP contribution in [0.4, 0.5) is 5.13 Å². The molecular formula is C18H25N3O2S. The summed E-state index contributed by atoms with van der Waals surface area (Å²) in [6.45, 7) is 5.01. The zero-order valence-electron chi connectivity index (χ0n) is 14.5. The summed E-state index contributed by atoms with van der Waals surface area (Å²) in [5, 5.41) is 9.12. The van der Waals surface area contributed by atoms with E-state index in [1.54, 1.807) is 25.4 Å². The van der Waals surface area contributed by atoms with Crippen LogP contribution in [0.5, 0.6) is 0 Å². The zero-order valence-corrected chi connectivity index (χ0v) is 15.3. The van der Waals surface area contributed by atoms with Crippen molar-refractivity contribution in [2.24, 2.45) is 0 Å². The highest BCUT2D eigenvalue weighted by Gasteiger charge is 2.06. The van der Waals surface area contributed by atoms with E-state index >= 15 is 0 Å². The summed E-state index contributed by atoms with van der Waals surface area (Å²) in [7, 11) is 1.69. The highest BCUT2D eigenvalue weighted by molar-refractivity contribution is 7.14. The van der Waals surface area contributed by atoms with Crippen LogP contribution >= 0.6 is 11.3 Å². The van der Waals surface area contributed by atoms with Crippen LogP contribution in [0.2, 0.25) is 0 Å². The van der Waals surface area contributed by atoms with E-state index in [1.165, 1.54) is 5.56 Å². The van der Waals surface area contributed by atoms with Gasteiger partial charge in [-0.15, -0.1) is 11.3 Å². The molecule has 0 fully saturated rings. The lowest BCUT2D eigenvalue weighted by Gasteiger charge is -2.12. The van der Waals surface area contributed by atoms with Crippen molar-refractivity contribution in [1.82, 2.24) is 10.3 Å². The van der Waals surface area contributed by atoms with Gasteiger partial charge in [0.25, 0.3) is 0 Å². The summed E-state index contributed by atoms with van der Waals surface area (Å²) < 4.78 is 5.02. The monoisotopic (exact) mass is 347 g/mol. The molecule has 130 valence electrons. The van der Waals surface area contributed by atoms with Gasteiger partial charge in [-0.2, -0.15) is 0 Å². The molecule has 1 heterocycles. The summed E-state index contributed by atoms with van der Waals surface area (Å²) in [5.74, 6) is 0.0243. The summed E-state index contributed by atoms with van der Waals surface area (Å²) in [6, 6.07) is 8.67. The Hall–Kier alpha value is -1.92. The van der Waals surface area contributed by atoms with E-state index in [0.29, 0.717) is 6.61 Å². The molecule has 1 aromatic heterocycles. The van der Waals surface area contributed by atoms with Crippen LogP contribution in [0.25, 0.3) is 11.3 Å². The normalized spacial score (nSPS) is 12.0. The second-order valence-electron chi connectivity index (χ2n) is 5.79. The molecule has 0 spiro atoms. The molecule has 6 heteroatoms. The molecule has 1 aromatic carbocycles. The van der Waals surface area contributed by atoms with Gasteiger partial charge in [0.2, 0.25) is 5.91 Å². The minimum Gasteiger partial charge on any atom is -0.383 e. The van der Waals surface area contributed by atoms with Crippen molar-refractivity contribution in [2.75, 3.05) is 25.6 Å². The van der Waals surface area contributed by atoms with Gasteiger partial charge >= 0.3 is 0 Å². The average Bonchev–Trinajstić information content (AvgIpc) is 3.02. The van der Waals surface area contributed by atoms with E-state index in [9.17, 15) is 4.79 Å². The van der Waals surface area contributed by atoms with Crippen molar-refractivity contribution in [3.8, 4) is 11.3 Å². The first-order valence-electron chi connectivity index (χ1n) is 8.13. The van der Waals surface area contributed by atoms with Gasteiger partial charge in [-0.1, -0.05) is 24.3 Å². The number of nitrogens with zero attached hydrogens (tertiary/aromatic N) is 1. The predicted molar refractivity (Wildman–Crippen MR) is 99.5 cm³/mol. The number of amides is 1. The first kappa shape index (κ1) is 18.4. The molecule has 1 atom stereocenters. The van der Waals surface area contributed by atoms with E-state index in [-0.39, 0.29) is 11.9 Å². The molecular weight excluding hydrogens is 322 g/mol. The maximum atomic E-state index is 11.0. The first-order valence-corrected chi connectivity index (χ1v) is 9.01. The van der Waals surface area contributed by atoms with Crippen molar-refractivity contribution in [1.29, 1.82) is 0 Å². The van der Waals surface area contributed by atoms with Gasteiger partial charge in [-0.25, -0.2) is 4.98 Å². The number of rotatable bonds is 9. The highest BCUT2D eigenvalue weighted by Crippen LogP contribution is 2.25. The number of carbonyl (C=O) groups is 1. The van der Waals surface area contributed by atoms with Crippen molar-refractivity contribution in [2.45, 2.75) is 32.7 Å². The van der Waals surface area contributed by atoms with Gasteiger partial charge in [-0.05, 0) is 25.3 Å². The molecule has 0 saturated carbocycles. The van der Waals surface area contributed by atoms with Gasteiger partial charge in [0.1, 0.15) is 0 Å².